The zero-order valence-electron chi connectivity index (χ0n) is 27.6. The summed E-state index contributed by atoms with van der Waals surface area (Å²) >= 11 is 0. The minimum atomic E-state index is -1.05. The van der Waals surface area contributed by atoms with Crippen LogP contribution in [0, 0.1) is 0 Å². The molecule has 5 N–H and O–H groups in total. The third-order valence-corrected chi connectivity index (χ3v) is 7.45. The van der Waals surface area contributed by atoms with Crippen molar-refractivity contribution < 1.29 is 33.4 Å². The maximum atomic E-state index is 13.2. The zero-order valence-corrected chi connectivity index (χ0v) is 27.6. The molecule has 12 heteroatoms. The number of esters is 1. The van der Waals surface area contributed by atoms with Crippen LogP contribution in [0.5, 0.6) is 0 Å². The van der Waals surface area contributed by atoms with Crippen molar-refractivity contribution in [2.24, 2.45) is 16.5 Å². The Hall–Kier alpha value is -6.01. The Bertz CT molecular complexity index is 1690. The lowest BCUT2D eigenvalue weighted by Gasteiger charge is -2.23. The molecule has 0 aliphatic rings. The summed E-state index contributed by atoms with van der Waals surface area (Å²) in [5.74, 6) is -1.62. The Morgan fingerprint density at radius 3 is 1.64 bits per heavy atom. The number of hydrogen-bond acceptors (Lipinski definition) is 8. The monoisotopic (exact) mass is 679 g/mol. The molecule has 0 saturated carbocycles. The highest BCUT2D eigenvalue weighted by Gasteiger charge is 2.27. The lowest BCUT2D eigenvalue weighted by atomic mass is 10.0. The number of carbonyl (C=O) groups is 4. The highest BCUT2D eigenvalue weighted by molar-refractivity contribution is 5.98. The number of aliphatic imine (C=N–C) groups is 1. The van der Waals surface area contributed by atoms with E-state index in [0.29, 0.717) is 0 Å². The van der Waals surface area contributed by atoms with E-state index >= 15 is 0 Å². The van der Waals surface area contributed by atoms with Gasteiger partial charge in [0.25, 0.3) is 0 Å². The molecular formula is C38H41N5O7. The van der Waals surface area contributed by atoms with Gasteiger partial charge in [-0.3, -0.25) is 4.79 Å². The van der Waals surface area contributed by atoms with E-state index in [-0.39, 0.29) is 45.6 Å². The van der Waals surface area contributed by atoms with Gasteiger partial charge in [0.05, 0.1) is 6.04 Å². The van der Waals surface area contributed by atoms with Crippen LogP contribution in [0.3, 0.4) is 0 Å². The molecule has 0 bridgehead atoms. The Morgan fingerprint density at radius 2 is 1.12 bits per heavy atom. The molecule has 0 heterocycles. The van der Waals surface area contributed by atoms with Gasteiger partial charge in [0.15, 0.2) is 0 Å². The molecule has 0 saturated heterocycles. The summed E-state index contributed by atoms with van der Waals surface area (Å²) < 4.78 is 16.1. The number of nitrogens with one attached hydrogen (secondary N) is 1. The van der Waals surface area contributed by atoms with Crippen molar-refractivity contribution in [3.05, 3.63) is 144 Å². The van der Waals surface area contributed by atoms with E-state index in [2.05, 4.69) is 10.3 Å². The normalized spacial score (nSPS) is 12.2. The molecule has 0 aliphatic carbocycles. The van der Waals surface area contributed by atoms with Gasteiger partial charge < -0.3 is 31.0 Å². The van der Waals surface area contributed by atoms with Crippen molar-refractivity contribution in [1.29, 1.82) is 0 Å². The first-order chi connectivity index (χ1) is 24.3. The SMILES string of the molecule is N/C(=N\C(=O)OCc1ccccc1)N(CCCC(N)C(=O)NC(Cc1ccccc1)C(=O)OCc1ccccc1)C(=O)OCc1ccccc1. The topological polar surface area (TPSA) is 176 Å². The van der Waals surface area contributed by atoms with Gasteiger partial charge in [-0.2, -0.15) is 0 Å². The summed E-state index contributed by atoms with van der Waals surface area (Å²) in [6.45, 7) is -0.120. The first-order valence-corrected chi connectivity index (χ1v) is 16.1. The smallest absolute Gasteiger partial charge is 0.437 e. The van der Waals surface area contributed by atoms with Gasteiger partial charge in [-0.1, -0.05) is 121 Å². The largest absolute Gasteiger partial charge is 0.459 e. The Balaban J connectivity index is 1.36. The zero-order chi connectivity index (χ0) is 35.6. The standard InChI is InChI=1S/C38H41N5O7/c39-32(34(44)41-33(24-28-14-5-1-6-15-28)35(45)48-25-29-16-7-2-8-17-29)22-13-23-43(38(47)50-27-31-20-11-4-12-21-31)36(40)42-37(46)49-26-30-18-9-3-10-19-30/h1-12,14-21,32-33H,13,22-27,39H2,(H,41,44)(H2,40,42,46). The Morgan fingerprint density at radius 1 is 0.660 bits per heavy atom. The number of amides is 3. The summed E-state index contributed by atoms with van der Waals surface area (Å²) in [5, 5.41) is 2.72. The molecule has 4 rings (SSSR count). The quantitative estimate of drug-likeness (QED) is 0.0686. The second-order valence-electron chi connectivity index (χ2n) is 11.3. The third-order valence-electron chi connectivity index (χ3n) is 7.45. The van der Waals surface area contributed by atoms with Crippen molar-refractivity contribution in [1.82, 2.24) is 10.2 Å². The molecule has 0 spiro atoms. The van der Waals surface area contributed by atoms with Gasteiger partial charge >= 0.3 is 18.2 Å². The van der Waals surface area contributed by atoms with Crippen molar-refractivity contribution in [3.8, 4) is 0 Å². The molecule has 0 radical (unpaired) electrons. The lowest BCUT2D eigenvalue weighted by Crippen LogP contribution is -2.50. The summed E-state index contributed by atoms with van der Waals surface area (Å²) in [5.41, 5.74) is 15.4. The average molecular weight is 680 g/mol. The minimum Gasteiger partial charge on any atom is -0.459 e. The van der Waals surface area contributed by atoms with Gasteiger partial charge in [-0.05, 0) is 35.1 Å². The van der Waals surface area contributed by atoms with E-state index in [0.717, 1.165) is 27.2 Å². The lowest BCUT2D eigenvalue weighted by molar-refractivity contribution is -0.149. The molecule has 2 atom stereocenters. The molecule has 4 aromatic carbocycles. The number of benzene rings is 4. The number of hydrogen-bond donors (Lipinski definition) is 3. The van der Waals surface area contributed by atoms with Crippen LogP contribution in [0.2, 0.25) is 0 Å². The second-order valence-corrected chi connectivity index (χ2v) is 11.3. The van der Waals surface area contributed by atoms with Crippen molar-refractivity contribution in [2.45, 2.75) is 51.2 Å². The van der Waals surface area contributed by atoms with Crippen LogP contribution >= 0.6 is 0 Å². The fraction of sp³-hybridized carbons (Fsp3) is 0.237. The first-order valence-electron chi connectivity index (χ1n) is 16.1. The number of nitrogens with zero attached hydrogens (tertiary/aromatic N) is 2. The Labute approximate surface area is 291 Å². The van der Waals surface area contributed by atoms with Crippen LogP contribution in [0.25, 0.3) is 0 Å². The predicted molar refractivity (Wildman–Crippen MR) is 187 cm³/mol. The first kappa shape index (κ1) is 36.8. The van der Waals surface area contributed by atoms with Crippen LogP contribution in [-0.4, -0.2) is 53.6 Å². The maximum absolute atomic E-state index is 13.2. The Kier molecular flexibility index (Phi) is 14.5. The van der Waals surface area contributed by atoms with Crippen LogP contribution in [-0.2, 0) is 50.0 Å². The van der Waals surface area contributed by atoms with Crippen molar-refractivity contribution >= 4 is 30.0 Å². The highest BCUT2D eigenvalue weighted by atomic mass is 16.6. The number of rotatable bonds is 15. The van der Waals surface area contributed by atoms with E-state index < -0.39 is 42.1 Å². The highest BCUT2D eigenvalue weighted by Crippen LogP contribution is 2.10. The van der Waals surface area contributed by atoms with E-state index in [1.54, 1.807) is 48.5 Å². The number of carbonyl (C=O) groups excluding carboxylic acids is 4. The summed E-state index contributed by atoms with van der Waals surface area (Å²) in [4.78, 5) is 56.6. The molecule has 0 fully saturated rings. The molecular weight excluding hydrogens is 638 g/mol. The molecule has 260 valence electrons. The van der Waals surface area contributed by atoms with E-state index in [4.69, 9.17) is 25.7 Å². The van der Waals surface area contributed by atoms with Gasteiger partial charge in [0, 0.05) is 13.0 Å². The van der Waals surface area contributed by atoms with E-state index in [1.807, 2.05) is 72.8 Å². The molecule has 2 unspecified atom stereocenters. The van der Waals surface area contributed by atoms with Crippen LogP contribution in [0.15, 0.2) is 126 Å². The van der Waals surface area contributed by atoms with E-state index in [9.17, 15) is 19.2 Å². The van der Waals surface area contributed by atoms with Gasteiger partial charge in [-0.15, -0.1) is 4.99 Å². The third kappa shape index (κ3) is 12.5. The predicted octanol–water partition coefficient (Wildman–Crippen LogP) is 4.86. The van der Waals surface area contributed by atoms with E-state index in [1.165, 1.54) is 0 Å². The number of ether oxygens (including phenoxy) is 3. The summed E-state index contributed by atoms with van der Waals surface area (Å²) in [6, 6.07) is 34.4. The fourth-order valence-corrected chi connectivity index (χ4v) is 4.75. The van der Waals surface area contributed by atoms with Gasteiger partial charge in [0.1, 0.15) is 25.9 Å². The summed E-state index contributed by atoms with van der Waals surface area (Å²) in [6.07, 6.45) is -1.38. The molecule has 12 nitrogen and oxygen atoms in total. The average Bonchev–Trinajstić information content (AvgIpc) is 3.15. The van der Waals surface area contributed by atoms with Gasteiger partial charge in [0.2, 0.25) is 11.9 Å². The van der Waals surface area contributed by atoms with Crippen molar-refractivity contribution in [2.75, 3.05) is 6.54 Å². The second kappa shape index (κ2) is 19.7. The van der Waals surface area contributed by atoms with Crippen LogP contribution in [0.4, 0.5) is 9.59 Å². The van der Waals surface area contributed by atoms with Crippen LogP contribution < -0.4 is 16.8 Å². The number of guanidine groups is 1. The summed E-state index contributed by atoms with van der Waals surface area (Å²) in [7, 11) is 0. The maximum Gasteiger partial charge on any atom is 0.437 e. The molecule has 50 heavy (non-hydrogen) atoms. The molecule has 0 aromatic heterocycles. The van der Waals surface area contributed by atoms with Crippen molar-refractivity contribution in [3.63, 3.8) is 0 Å². The molecule has 4 aromatic rings. The fourth-order valence-electron chi connectivity index (χ4n) is 4.75. The molecule has 0 aliphatic heterocycles. The van der Waals surface area contributed by atoms with Crippen LogP contribution in [0.1, 0.15) is 35.1 Å². The number of nitrogens with two attached hydrogens (primary N) is 2. The van der Waals surface area contributed by atoms with Gasteiger partial charge in [-0.25, -0.2) is 19.3 Å². The molecule has 3 amide bonds. The minimum absolute atomic E-state index is 0.0378.